The van der Waals surface area contributed by atoms with Crippen LogP contribution in [0.25, 0.3) is 0 Å². The summed E-state index contributed by atoms with van der Waals surface area (Å²) >= 11 is 0. The summed E-state index contributed by atoms with van der Waals surface area (Å²) in [7, 11) is -1.31. The largest absolute Gasteiger partial charge is 0.508 e. The van der Waals surface area contributed by atoms with Crippen LogP contribution in [0, 0.1) is 5.92 Å². The number of rotatable bonds is 17. The molecule has 354 valence electrons. The fraction of sp³-hybridized carbons (Fsp3) is 0.568. The molecule has 0 bridgehead atoms. The molecule has 1 heterocycles. The summed E-state index contributed by atoms with van der Waals surface area (Å²) in [5.41, 5.74) is 1.60. The molecule has 18 nitrogen and oxygen atoms in total. The van der Waals surface area contributed by atoms with Crippen molar-refractivity contribution in [2.45, 2.75) is 114 Å². The molecule has 8 N–H and O–H groups in total. The van der Waals surface area contributed by atoms with E-state index in [2.05, 4.69) is 31.9 Å². The number of phenolic OH excluding ortho intramolecular Hbond substituents is 1. The van der Waals surface area contributed by atoms with Gasteiger partial charge < -0.3 is 47.0 Å². The van der Waals surface area contributed by atoms with E-state index in [-0.39, 0.29) is 75.2 Å². The number of aliphatic carboxylic acids is 1. The Morgan fingerprint density at radius 1 is 0.766 bits per heavy atom. The van der Waals surface area contributed by atoms with Crippen molar-refractivity contribution >= 4 is 63.1 Å². The Morgan fingerprint density at radius 3 is 1.92 bits per heavy atom. The van der Waals surface area contributed by atoms with Gasteiger partial charge in [0.05, 0.1) is 0 Å². The highest BCUT2D eigenvalue weighted by molar-refractivity contribution is 7.84. The first kappa shape index (κ1) is 53.0. The van der Waals surface area contributed by atoms with E-state index in [4.69, 9.17) is 0 Å². The fourth-order valence-electron chi connectivity index (χ4n) is 7.10. The van der Waals surface area contributed by atoms with Crippen LogP contribution in [0.1, 0.15) is 76.3 Å². The number of aryl methyl sites for hydroxylation is 2. The van der Waals surface area contributed by atoms with Crippen LogP contribution < -0.4 is 31.9 Å². The van der Waals surface area contributed by atoms with E-state index in [1.54, 1.807) is 26.0 Å². The van der Waals surface area contributed by atoms with Crippen LogP contribution in [0.4, 0.5) is 4.79 Å². The number of amides is 7. The van der Waals surface area contributed by atoms with E-state index in [0.29, 0.717) is 12.8 Å². The molecule has 0 radical (unpaired) electrons. The maximum absolute atomic E-state index is 14.7. The molecule has 0 aromatic heterocycles. The quantitative estimate of drug-likeness (QED) is 0.112. The highest BCUT2D eigenvalue weighted by Gasteiger charge is 2.36. The highest BCUT2D eigenvalue weighted by Crippen LogP contribution is 2.17. The highest BCUT2D eigenvalue weighted by atomic mass is 32.2. The molecule has 1 aliphatic rings. The third-order valence-corrected chi connectivity index (χ3v) is 12.8. The number of carboxylic acids is 1. The van der Waals surface area contributed by atoms with Gasteiger partial charge in [0.1, 0.15) is 42.0 Å². The van der Waals surface area contributed by atoms with E-state index in [9.17, 15) is 52.2 Å². The number of phenols is 1. The predicted octanol–water partition coefficient (Wildman–Crippen LogP) is 1.24. The van der Waals surface area contributed by atoms with Crippen molar-refractivity contribution < 1.29 is 52.2 Å². The second kappa shape index (κ2) is 27.1. The molecule has 2 aromatic carbocycles. The summed E-state index contributed by atoms with van der Waals surface area (Å²) in [6, 6.07) is 7.12. The Kier molecular flexibility index (Phi) is 22.4. The third-order valence-electron chi connectivity index (χ3n) is 11.2. The first-order valence-corrected chi connectivity index (χ1v) is 25.0. The minimum Gasteiger partial charge on any atom is -0.508 e. The molecule has 64 heavy (non-hydrogen) atoms. The van der Waals surface area contributed by atoms with Crippen molar-refractivity contribution in [1.82, 2.24) is 36.8 Å². The van der Waals surface area contributed by atoms with E-state index in [1.165, 1.54) is 36.6 Å². The molecule has 0 spiro atoms. The summed E-state index contributed by atoms with van der Waals surface area (Å²) in [6.45, 7) is 3.50. The SMILES string of the molecule is CC[C@H](C)[C@H](NC(=O)N[C@@H]1CCCCNC(=O)[C@H](CC[S@@](C)=O)NC(=O)[C@@H](CCc2ccc(O)cc2)N(C)C(=O)[C@@H](CCc2ccccc2)NC(=O)[C@@H](CC[S@](C)=O)NC1=O)C(=O)O. The van der Waals surface area contributed by atoms with Crippen LogP contribution in [-0.2, 0) is 63.2 Å². The molecule has 0 saturated carbocycles. The summed E-state index contributed by atoms with van der Waals surface area (Å²) in [4.78, 5) is 97.5. The molecule has 7 amide bonds. The number of carbonyl (C=O) groups is 7. The first-order valence-electron chi connectivity index (χ1n) is 21.6. The van der Waals surface area contributed by atoms with Crippen molar-refractivity contribution in [2.24, 2.45) is 5.92 Å². The molecular formula is C44H65N7O11S2. The van der Waals surface area contributed by atoms with E-state index >= 15 is 0 Å². The van der Waals surface area contributed by atoms with Gasteiger partial charge in [-0.15, -0.1) is 0 Å². The van der Waals surface area contributed by atoms with Gasteiger partial charge in [-0.25, -0.2) is 9.59 Å². The van der Waals surface area contributed by atoms with Crippen LogP contribution in [0.3, 0.4) is 0 Å². The lowest BCUT2D eigenvalue weighted by atomic mass is 9.99. The lowest BCUT2D eigenvalue weighted by Crippen LogP contribution is -2.60. The smallest absolute Gasteiger partial charge is 0.326 e. The van der Waals surface area contributed by atoms with Crippen LogP contribution in [0.15, 0.2) is 54.6 Å². The second-order valence-corrected chi connectivity index (χ2v) is 19.3. The Labute approximate surface area is 380 Å². The minimum atomic E-state index is -1.41. The van der Waals surface area contributed by atoms with Gasteiger partial charge in [-0.1, -0.05) is 62.7 Å². The predicted molar refractivity (Wildman–Crippen MR) is 244 cm³/mol. The number of hydrogen-bond acceptors (Lipinski definition) is 10. The Morgan fingerprint density at radius 2 is 1.33 bits per heavy atom. The molecular weight excluding hydrogens is 867 g/mol. The maximum atomic E-state index is 14.7. The topological polar surface area (TPSA) is 270 Å². The van der Waals surface area contributed by atoms with Crippen molar-refractivity contribution in [2.75, 3.05) is 37.6 Å². The van der Waals surface area contributed by atoms with Crippen LogP contribution in [0.5, 0.6) is 5.75 Å². The molecule has 20 heteroatoms. The van der Waals surface area contributed by atoms with Crippen molar-refractivity contribution in [3.63, 3.8) is 0 Å². The number of benzene rings is 2. The number of nitrogens with one attached hydrogen (secondary N) is 6. The number of urea groups is 1. The standard InChI is InChI=1S/C44H65N7O11S2/c1-6-28(2)37(43(58)59)50-44(60)49-32-14-10-11-25-45-38(53)33(23-26-63(4)61)47-41(56)36(22-18-30-15-19-31(52)20-16-30)51(3)42(57)35(21-17-29-12-8-7-9-13-29)48-40(55)34(46-39(32)54)24-27-64(5)62/h7-9,12-13,15-16,19-20,28,32-37,52H,6,10-11,14,17-18,21-27H2,1-5H3,(H,45,53)(H,46,54)(H,47,56)(H,48,55)(H,58,59)(H2,49,50,60)/t28-,32+,33-,34+,35+,36+,37-,63+,64-/m0/s1. The number of carboxylic acid groups (broad SMARTS) is 1. The summed E-state index contributed by atoms with van der Waals surface area (Å²) in [5, 5.41) is 35.6. The van der Waals surface area contributed by atoms with Gasteiger partial charge in [0.15, 0.2) is 0 Å². The molecule has 0 unspecified atom stereocenters. The molecule has 1 fully saturated rings. The number of nitrogens with zero attached hydrogens (tertiary/aromatic N) is 1. The monoisotopic (exact) mass is 931 g/mol. The van der Waals surface area contributed by atoms with Gasteiger partial charge in [-0.2, -0.15) is 0 Å². The van der Waals surface area contributed by atoms with Crippen molar-refractivity contribution in [3.8, 4) is 5.75 Å². The number of carbonyl (C=O) groups excluding carboxylic acids is 6. The van der Waals surface area contributed by atoms with Crippen molar-refractivity contribution in [1.29, 1.82) is 0 Å². The summed E-state index contributed by atoms with van der Waals surface area (Å²) < 4.78 is 24.5. The molecule has 3 rings (SSSR count). The zero-order valence-corrected chi connectivity index (χ0v) is 38.9. The first-order chi connectivity index (χ1) is 30.4. The molecule has 0 aliphatic carbocycles. The molecule has 1 saturated heterocycles. The van der Waals surface area contributed by atoms with Gasteiger partial charge in [0.25, 0.3) is 0 Å². The van der Waals surface area contributed by atoms with Gasteiger partial charge in [0.2, 0.25) is 29.5 Å². The van der Waals surface area contributed by atoms with Gasteiger partial charge in [-0.05, 0) is 87.0 Å². The number of hydrogen-bond donors (Lipinski definition) is 8. The third kappa shape index (κ3) is 18.0. The average molecular weight is 932 g/mol. The molecule has 1 aliphatic heterocycles. The Bertz CT molecular complexity index is 1940. The number of likely N-dealkylation sites (N-methyl/N-ethyl adjacent to an activating group) is 1. The average Bonchev–Trinajstić information content (AvgIpc) is 3.26. The van der Waals surface area contributed by atoms with Crippen LogP contribution >= 0.6 is 0 Å². The van der Waals surface area contributed by atoms with Crippen LogP contribution in [0.2, 0.25) is 0 Å². The van der Waals surface area contributed by atoms with E-state index < -0.39 is 105 Å². The van der Waals surface area contributed by atoms with Gasteiger partial charge >= 0.3 is 12.0 Å². The Balaban J connectivity index is 2.09. The van der Waals surface area contributed by atoms with Gasteiger partial charge in [-0.3, -0.25) is 32.4 Å². The zero-order chi connectivity index (χ0) is 47.3. The summed E-state index contributed by atoms with van der Waals surface area (Å²) in [6.07, 6.45) is 4.49. The van der Waals surface area contributed by atoms with E-state index in [0.717, 1.165) is 11.1 Å². The van der Waals surface area contributed by atoms with E-state index in [1.807, 2.05) is 30.3 Å². The van der Waals surface area contributed by atoms with Crippen molar-refractivity contribution in [3.05, 3.63) is 65.7 Å². The lowest BCUT2D eigenvalue weighted by molar-refractivity contribution is -0.143. The minimum absolute atomic E-state index is 0.00901. The second-order valence-electron chi connectivity index (χ2n) is 16.2. The number of aromatic hydroxyl groups is 1. The zero-order valence-electron chi connectivity index (χ0n) is 37.3. The Hall–Kier alpha value is -5.37. The molecule has 2 aromatic rings. The molecule has 9 atom stereocenters. The maximum Gasteiger partial charge on any atom is 0.326 e. The lowest BCUT2D eigenvalue weighted by Gasteiger charge is -2.33. The van der Waals surface area contributed by atoms with Crippen LogP contribution in [-0.4, -0.2) is 139 Å². The normalized spacial score (nSPS) is 22.7. The van der Waals surface area contributed by atoms with Gasteiger partial charge in [0, 0.05) is 59.2 Å². The fourth-order valence-corrected chi connectivity index (χ4v) is 8.23. The summed E-state index contributed by atoms with van der Waals surface area (Å²) in [5.74, 6) is -5.06.